The smallest absolute Gasteiger partial charge is 0.201 e. The molecule has 35 heavy (non-hydrogen) atoms. The number of ether oxygens (including phenoxy) is 3. The van der Waals surface area contributed by atoms with Crippen molar-refractivity contribution in [1.82, 2.24) is 0 Å². The quantitative estimate of drug-likeness (QED) is 0.289. The molecule has 0 amide bonds. The fraction of sp³-hybridized carbons (Fsp3) is 0.379. The first kappa shape index (κ1) is 25.3. The van der Waals surface area contributed by atoms with Crippen molar-refractivity contribution in [3.05, 3.63) is 77.6 Å². The molecule has 1 saturated heterocycles. The molecule has 1 aliphatic heterocycles. The summed E-state index contributed by atoms with van der Waals surface area (Å²) < 4.78 is 60.5. The van der Waals surface area contributed by atoms with Crippen LogP contribution >= 0.6 is 0 Å². The third kappa shape index (κ3) is 5.88. The minimum Gasteiger partial charge on any atom is -0.491 e. The van der Waals surface area contributed by atoms with Crippen molar-refractivity contribution in [3.8, 4) is 28.0 Å². The zero-order valence-electron chi connectivity index (χ0n) is 20.2. The van der Waals surface area contributed by atoms with E-state index in [0.717, 1.165) is 31.2 Å². The van der Waals surface area contributed by atoms with Gasteiger partial charge in [0.2, 0.25) is 5.82 Å². The van der Waals surface area contributed by atoms with Crippen molar-refractivity contribution in [3.63, 3.8) is 0 Å². The molecule has 186 valence electrons. The van der Waals surface area contributed by atoms with Gasteiger partial charge < -0.3 is 14.2 Å². The lowest BCUT2D eigenvalue weighted by atomic mass is 9.95. The van der Waals surface area contributed by atoms with Crippen molar-refractivity contribution in [1.29, 1.82) is 0 Å². The predicted octanol–water partition coefficient (Wildman–Crippen LogP) is 7.87. The molecular weight excluding hydrogens is 453 g/mol. The van der Waals surface area contributed by atoms with Crippen LogP contribution in [0, 0.1) is 17.5 Å². The van der Waals surface area contributed by atoms with E-state index in [1.54, 1.807) is 37.3 Å². The lowest BCUT2D eigenvalue weighted by Gasteiger charge is -2.30. The highest BCUT2D eigenvalue weighted by Crippen LogP contribution is 2.33. The van der Waals surface area contributed by atoms with Gasteiger partial charge in [0.1, 0.15) is 5.82 Å². The van der Waals surface area contributed by atoms with Gasteiger partial charge in [-0.25, -0.2) is 8.78 Å². The third-order valence-electron chi connectivity index (χ3n) is 6.33. The van der Waals surface area contributed by atoms with Crippen LogP contribution in [-0.4, -0.2) is 26.1 Å². The van der Waals surface area contributed by atoms with Crippen LogP contribution in [-0.2, 0) is 9.47 Å². The zero-order valence-corrected chi connectivity index (χ0v) is 20.2. The first-order valence-electron chi connectivity index (χ1n) is 12.3. The Morgan fingerprint density at radius 2 is 1.49 bits per heavy atom. The van der Waals surface area contributed by atoms with Gasteiger partial charge in [-0.3, -0.25) is 0 Å². The summed E-state index contributed by atoms with van der Waals surface area (Å²) in [5.41, 5.74) is 2.72. The maximum Gasteiger partial charge on any atom is 0.201 e. The Hall–Kier alpha value is -2.83. The molecule has 0 unspecified atom stereocenters. The largest absolute Gasteiger partial charge is 0.491 e. The molecule has 0 saturated carbocycles. The molecule has 3 aromatic carbocycles. The van der Waals surface area contributed by atoms with E-state index in [4.69, 9.17) is 14.2 Å². The van der Waals surface area contributed by atoms with E-state index in [9.17, 15) is 13.2 Å². The van der Waals surface area contributed by atoms with E-state index < -0.39 is 11.6 Å². The Kier molecular flexibility index (Phi) is 8.47. The molecule has 0 aliphatic carbocycles. The first-order valence-corrected chi connectivity index (χ1v) is 12.3. The summed E-state index contributed by atoms with van der Waals surface area (Å²) in [6.07, 6.45) is 4.02. The Bertz CT molecular complexity index is 1120. The molecule has 3 nitrogen and oxygen atoms in total. The molecule has 1 aliphatic rings. The molecule has 1 fully saturated rings. The summed E-state index contributed by atoms with van der Waals surface area (Å²) in [5, 5.41) is 0. The van der Waals surface area contributed by atoms with Crippen LogP contribution in [0.15, 0.2) is 54.6 Å². The van der Waals surface area contributed by atoms with Crippen LogP contribution in [0.3, 0.4) is 0 Å². The van der Waals surface area contributed by atoms with Crippen molar-refractivity contribution in [2.75, 3.05) is 19.8 Å². The second-order valence-corrected chi connectivity index (χ2v) is 8.77. The molecule has 1 heterocycles. The number of hydrogen-bond donors (Lipinski definition) is 0. The highest BCUT2D eigenvalue weighted by molar-refractivity contribution is 5.71. The summed E-state index contributed by atoms with van der Waals surface area (Å²) in [6, 6.07) is 15.0. The number of hydrogen-bond acceptors (Lipinski definition) is 3. The van der Waals surface area contributed by atoms with E-state index in [2.05, 4.69) is 6.92 Å². The van der Waals surface area contributed by atoms with Crippen molar-refractivity contribution < 1.29 is 27.4 Å². The Morgan fingerprint density at radius 3 is 2.14 bits per heavy atom. The standard InChI is InChI=1S/C29H31F3O3/c1-3-5-6-7-27-34-17-22(18-35-27)23-13-12-21(16-25(23)30)19-8-10-20(11-9-19)24-14-15-26(33-4-2)29(32)28(24)31/h8-16,22,27H,3-7,17-18H2,1-2H3. The van der Waals surface area contributed by atoms with Crippen LogP contribution < -0.4 is 4.74 Å². The predicted molar refractivity (Wildman–Crippen MR) is 131 cm³/mol. The maximum absolute atomic E-state index is 15.0. The normalized spacial score (nSPS) is 18.0. The van der Waals surface area contributed by atoms with Gasteiger partial charge >= 0.3 is 0 Å². The summed E-state index contributed by atoms with van der Waals surface area (Å²) in [7, 11) is 0. The molecule has 6 heteroatoms. The van der Waals surface area contributed by atoms with Crippen LogP contribution in [0.4, 0.5) is 13.2 Å². The van der Waals surface area contributed by atoms with Crippen LogP contribution in [0.25, 0.3) is 22.3 Å². The fourth-order valence-electron chi connectivity index (χ4n) is 4.35. The Morgan fingerprint density at radius 1 is 0.800 bits per heavy atom. The second kappa shape index (κ2) is 11.7. The van der Waals surface area contributed by atoms with E-state index in [0.29, 0.717) is 29.9 Å². The van der Waals surface area contributed by atoms with Crippen molar-refractivity contribution >= 4 is 0 Å². The van der Waals surface area contributed by atoms with Gasteiger partial charge in [0.15, 0.2) is 17.9 Å². The average Bonchev–Trinajstić information content (AvgIpc) is 2.88. The molecule has 0 aromatic heterocycles. The van der Waals surface area contributed by atoms with Crippen LogP contribution in [0.2, 0.25) is 0 Å². The number of unbranched alkanes of at least 4 members (excludes halogenated alkanes) is 2. The lowest BCUT2D eigenvalue weighted by Crippen LogP contribution is -2.31. The highest BCUT2D eigenvalue weighted by atomic mass is 19.2. The first-order chi connectivity index (χ1) is 17.0. The molecule has 4 rings (SSSR count). The molecule has 3 aromatic rings. The van der Waals surface area contributed by atoms with E-state index in [1.807, 2.05) is 6.07 Å². The average molecular weight is 485 g/mol. The van der Waals surface area contributed by atoms with E-state index in [1.165, 1.54) is 18.2 Å². The lowest BCUT2D eigenvalue weighted by molar-refractivity contribution is -0.190. The summed E-state index contributed by atoms with van der Waals surface area (Å²) in [6.45, 7) is 4.99. The molecule has 0 radical (unpaired) electrons. The van der Waals surface area contributed by atoms with Gasteiger partial charge in [-0.05, 0) is 60.2 Å². The van der Waals surface area contributed by atoms with Crippen LogP contribution in [0.1, 0.15) is 51.0 Å². The van der Waals surface area contributed by atoms with E-state index >= 15 is 0 Å². The molecule has 0 spiro atoms. The molecule has 0 N–H and O–H groups in total. The monoisotopic (exact) mass is 484 g/mol. The minimum absolute atomic E-state index is 0.110. The molecule has 0 bridgehead atoms. The van der Waals surface area contributed by atoms with Gasteiger partial charge in [-0.15, -0.1) is 0 Å². The van der Waals surface area contributed by atoms with Gasteiger partial charge in [0, 0.05) is 11.5 Å². The highest BCUT2D eigenvalue weighted by Gasteiger charge is 2.25. The Balaban J connectivity index is 1.44. The fourth-order valence-corrected chi connectivity index (χ4v) is 4.35. The van der Waals surface area contributed by atoms with Gasteiger partial charge in [0.05, 0.1) is 19.8 Å². The molecule has 0 atom stereocenters. The summed E-state index contributed by atoms with van der Waals surface area (Å²) in [4.78, 5) is 0. The Labute approximate surface area is 204 Å². The number of benzene rings is 3. The summed E-state index contributed by atoms with van der Waals surface area (Å²) in [5.74, 6) is -2.53. The second-order valence-electron chi connectivity index (χ2n) is 8.77. The maximum atomic E-state index is 15.0. The van der Waals surface area contributed by atoms with Gasteiger partial charge in [0.25, 0.3) is 0 Å². The minimum atomic E-state index is -1.01. The number of halogens is 3. The van der Waals surface area contributed by atoms with Gasteiger partial charge in [-0.2, -0.15) is 4.39 Å². The molecular formula is C29H31F3O3. The van der Waals surface area contributed by atoms with Crippen LogP contribution in [0.5, 0.6) is 5.75 Å². The van der Waals surface area contributed by atoms with E-state index in [-0.39, 0.29) is 35.9 Å². The third-order valence-corrected chi connectivity index (χ3v) is 6.33. The van der Waals surface area contributed by atoms with Gasteiger partial charge in [-0.1, -0.05) is 56.2 Å². The zero-order chi connectivity index (χ0) is 24.8. The van der Waals surface area contributed by atoms with Crippen molar-refractivity contribution in [2.24, 2.45) is 0 Å². The topological polar surface area (TPSA) is 27.7 Å². The SMILES string of the molecule is CCCCCC1OCC(c2ccc(-c3ccc(-c4ccc(OCC)c(F)c4F)cc3)cc2F)CO1. The van der Waals surface area contributed by atoms with Crippen molar-refractivity contribution in [2.45, 2.75) is 51.7 Å². The summed E-state index contributed by atoms with van der Waals surface area (Å²) >= 11 is 0. The number of rotatable bonds is 9.